The Morgan fingerprint density at radius 2 is 1.90 bits per heavy atom. The summed E-state index contributed by atoms with van der Waals surface area (Å²) in [5.74, 6) is -0.440. The Morgan fingerprint density at radius 3 is 2.59 bits per heavy atom. The number of rotatable bonds is 6. The Morgan fingerprint density at radius 1 is 1.17 bits per heavy atom. The lowest BCUT2D eigenvalue weighted by atomic mass is 10.1. The van der Waals surface area contributed by atoms with Gasteiger partial charge in [-0.25, -0.2) is 8.42 Å². The van der Waals surface area contributed by atoms with E-state index in [0.717, 1.165) is 24.6 Å². The summed E-state index contributed by atoms with van der Waals surface area (Å²) in [5, 5.41) is 0. The fourth-order valence-electron chi connectivity index (χ4n) is 3.36. The number of nitrogens with zero attached hydrogens (tertiary/aromatic N) is 1. The van der Waals surface area contributed by atoms with Gasteiger partial charge in [-0.05, 0) is 49.2 Å². The molecule has 3 N–H and O–H groups in total. The number of likely N-dealkylation sites (tertiary alicyclic amines) is 1. The topological polar surface area (TPSA) is 92.5 Å². The van der Waals surface area contributed by atoms with Crippen molar-refractivity contribution in [3.63, 3.8) is 0 Å². The number of sulfonamides is 1. The van der Waals surface area contributed by atoms with Crippen molar-refractivity contribution in [2.75, 3.05) is 11.3 Å². The molecule has 2 aromatic rings. The van der Waals surface area contributed by atoms with Crippen LogP contribution in [-0.2, 0) is 27.5 Å². The van der Waals surface area contributed by atoms with Crippen LogP contribution < -0.4 is 10.5 Å². The molecule has 156 valence electrons. The number of hydrogen-bond acceptors (Lipinski definition) is 4. The van der Waals surface area contributed by atoms with E-state index in [-0.39, 0.29) is 12.2 Å². The molecule has 29 heavy (non-hydrogen) atoms. The van der Waals surface area contributed by atoms with Crippen LogP contribution in [0.4, 0.5) is 18.9 Å². The van der Waals surface area contributed by atoms with Crippen LogP contribution in [0, 0.1) is 0 Å². The molecule has 3 rings (SSSR count). The monoisotopic (exact) mass is 427 g/mol. The molecule has 1 amide bonds. The summed E-state index contributed by atoms with van der Waals surface area (Å²) in [4.78, 5) is 13.0. The van der Waals surface area contributed by atoms with Gasteiger partial charge in [0.25, 0.3) is 10.0 Å². The summed E-state index contributed by atoms with van der Waals surface area (Å²) in [7, 11) is -4.24. The van der Waals surface area contributed by atoms with E-state index in [1.54, 1.807) is 18.2 Å². The number of anilines is 1. The van der Waals surface area contributed by atoms with Gasteiger partial charge in [-0.15, -0.1) is 0 Å². The highest BCUT2D eigenvalue weighted by molar-refractivity contribution is 7.92. The third-order valence-corrected chi connectivity index (χ3v) is 6.16. The third kappa shape index (κ3) is 4.88. The Bertz CT molecular complexity index is 1010. The Kier molecular flexibility index (Phi) is 5.85. The first kappa shape index (κ1) is 21.1. The molecule has 1 heterocycles. The number of primary amides is 1. The molecule has 1 atom stereocenters. The molecule has 0 aromatic heterocycles. The summed E-state index contributed by atoms with van der Waals surface area (Å²) in [6.07, 6.45) is -3.22. The molecule has 0 radical (unpaired) electrons. The van der Waals surface area contributed by atoms with Gasteiger partial charge in [-0.3, -0.25) is 14.4 Å². The smallest absolute Gasteiger partial charge is 0.368 e. The molecule has 0 spiro atoms. The minimum Gasteiger partial charge on any atom is -0.368 e. The van der Waals surface area contributed by atoms with Gasteiger partial charge >= 0.3 is 6.18 Å². The van der Waals surface area contributed by atoms with E-state index in [4.69, 9.17) is 5.73 Å². The normalized spacial score (nSPS) is 18.0. The maximum Gasteiger partial charge on any atom is 0.416 e. The second-order valence-corrected chi connectivity index (χ2v) is 8.50. The van der Waals surface area contributed by atoms with Crippen molar-refractivity contribution in [2.45, 2.75) is 36.5 Å². The molecule has 0 saturated carbocycles. The summed E-state index contributed by atoms with van der Waals surface area (Å²) < 4.78 is 66.5. The van der Waals surface area contributed by atoms with Crippen LogP contribution >= 0.6 is 0 Å². The van der Waals surface area contributed by atoms with Crippen LogP contribution in [0.1, 0.15) is 24.0 Å². The zero-order valence-corrected chi connectivity index (χ0v) is 16.1. The number of halogens is 3. The van der Waals surface area contributed by atoms with E-state index >= 15 is 0 Å². The number of benzene rings is 2. The number of carbonyl (C=O) groups excluding carboxylic acids is 1. The Balaban J connectivity index is 1.86. The minimum atomic E-state index is -4.65. The van der Waals surface area contributed by atoms with E-state index in [1.165, 1.54) is 6.07 Å². The quantitative estimate of drug-likeness (QED) is 0.741. The average molecular weight is 427 g/mol. The van der Waals surface area contributed by atoms with E-state index in [9.17, 15) is 26.4 Å². The van der Waals surface area contributed by atoms with Crippen LogP contribution in [0.15, 0.2) is 53.4 Å². The number of nitrogens with two attached hydrogens (primary N) is 1. The Hall–Kier alpha value is -2.59. The number of para-hydroxylation sites is 1. The van der Waals surface area contributed by atoms with Gasteiger partial charge in [0.15, 0.2) is 0 Å². The molecule has 10 heteroatoms. The van der Waals surface area contributed by atoms with Crippen molar-refractivity contribution in [2.24, 2.45) is 5.73 Å². The van der Waals surface area contributed by atoms with Crippen LogP contribution in [0.5, 0.6) is 0 Å². The summed E-state index contributed by atoms with van der Waals surface area (Å²) in [5.41, 5.74) is 5.21. The lowest BCUT2D eigenvalue weighted by molar-refractivity contribution is -0.137. The molecule has 1 aliphatic rings. The number of alkyl halides is 3. The molecule has 1 fully saturated rings. The maximum absolute atomic E-state index is 12.9. The molecule has 1 saturated heterocycles. The van der Waals surface area contributed by atoms with Crippen molar-refractivity contribution < 1.29 is 26.4 Å². The molecule has 0 aliphatic carbocycles. The molecular formula is C19H20F3N3O3S. The number of amides is 1. The van der Waals surface area contributed by atoms with Crippen LogP contribution in [0.25, 0.3) is 0 Å². The van der Waals surface area contributed by atoms with Gasteiger partial charge < -0.3 is 5.73 Å². The summed E-state index contributed by atoms with van der Waals surface area (Å²) in [6.45, 7) is 0.928. The first-order valence-electron chi connectivity index (χ1n) is 8.89. The standard InChI is InChI=1S/C19H20F3N3O3S/c20-19(21,22)14-6-3-7-15(11-14)29(27,28)24-16-8-2-1-5-13(16)12-25-10-4-9-17(25)18(23)26/h1-3,5-8,11,17,24H,4,9-10,12H2,(H2,23,26)/t17-/m1/s1. The molecule has 0 unspecified atom stereocenters. The van der Waals surface area contributed by atoms with Crippen LogP contribution in [0.2, 0.25) is 0 Å². The van der Waals surface area contributed by atoms with Crippen molar-refractivity contribution in [3.05, 3.63) is 59.7 Å². The van der Waals surface area contributed by atoms with Gasteiger partial charge in [0.2, 0.25) is 5.91 Å². The lowest BCUT2D eigenvalue weighted by Gasteiger charge is -2.23. The molecule has 6 nitrogen and oxygen atoms in total. The highest BCUT2D eigenvalue weighted by atomic mass is 32.2. The Labute approximate surface area is 166 Å². The number of nitrogens with one attached hydrogen (secondary N) is 1. The van der Waals surface area contributed by atoms with Crippen molar-refractivity contribution in [1.82, 2.24) is 4.90 Å². The largest absolute Gasteiger partial charge is 0.416 e. The number of carbonyl (C=O) groups is 1. The number of hydrogen-bond donors (Lipinski definition) is 2. The first-order chi connectivity index (χ1) is 13.6. The molecular weight excluding hydrogens is 407 g/mol. The zero-order valence-electron chi connectivity index (χ0n) is 15.3. The van der Waals surface area contributed by atoms with Gasteiger partial charge in [0.05, 0.1) is 22.2 Å². The van der Waals surface area contributed by atoms with E-state index in [0.29, 0.717) is 24.6 Å². The summed E-state index contributed by atoms with van der Waals surface area (Å²) >= 11 is 0. The second kappa shape index (κ2) is 8.03. The molecule has 2 aromatic carbocycles. The highest BCUT2D eigenvalue weighted by Gasteiger charge is 2.32. The SMILES string of the molecule is NC(=O)[C@H]1CCCN1Cc1ccccc1NS(=O)(=O)c1cccc(C(F)(F)F)c1. The molecule has 0 bridgehead atoms. The van der Waals surface area contributed by atoms with Crippen molar-refractivity contribution >= 4 is 21.6 Å². The van der Waals surface area contributed by atoms with E-state index in [1.807, 2.05) is 4.90 Å². The van der Waals surface area contributed by atoms with E-state index in [2.05, 4.69) is 4.72 Å². The van der Waals surface area contributed by atoms with Gasteiger partial charge in [-0.2, -0.15) is 13.2 Å². The van der Waals surface area contributed by atoms with Gasteiger partial charge in [-0.1, -0.05) is 24.3 Å². The molecule has 1 aliphatic heterocycles. The van der Waals surface area contributed by atoms with Gasteiger partial charge in [0.1, 0.15) is 0 Å². The second-order valence-electron chi connectivity index (χ2n) is 6.82. The van der Waals surface area contributed by atoms with Crippen molar-refractivity contribution in [1.29, 1.82) is 0 Å². The first-order valence-corrected chi connectivity index (χ1v) is 10.4. The lowest BCUT2D eigenvalue weighted by Crippen LogP contribution is -2.39. The van der Waals surface area contributed by atoms with Crippen LogP contribution in [0.3, 0.4) is 0 Å². The maximum atomic E-state index is 12.9. The fourth-order valence-corrected chi connectivity index (χ4v) is 4.50. The predicted octanol–water partition coefficient (Wildman–Crippen LogP) is 2.96. The van der Waals surface area contributed by atoms with Crippen LogP contribution in [-0.4, -0.2) is 31.8 Å². The minimum absolute atomic E-state index is 0.236. The predicted molar refractivity (Wildman–Crippen MR) is 101 cm³/mol. The fraction of sp³-hybridized carbons (Fsp3) is 0.316. The zero-order chi connectivity index (χ0) is 21.2. The van der Waals surface area contributed by atoms with Gasteiger partial charge in [0, 0.05) is 6.54 Å². The highest BCUT2D eigenvalue weighted by Crippen LogP contribution is 2.31. The van der Waals surface area contributed by atoms with E-state index < -0.39 is 38.6 Å². The third-order valence-electron chi connectivity index (χ3n) is 4.80. The van der Waals surface area contributed by atoms with Crippen molar-refractivity contribution in [3.8, 4) is 0 Å². The average Bonchev–Trinajstić information content (AvgIpc) is 3.11. The summed E-state index contributed by atoms with van der Waals surface area (Å²) in [6, 6.07) is 9.67.